The van der Waals surface area contributed by atoms with Gasteiger partial charge in [-0.25, -0.2) is 0 Å². The summed E-state index contributed by atoms with van der Waals surface area (Å²) in [4.78, 5) is 0.218. The molecule has 0 rings (SSSR count). The minimum Gasteiger partial charge on any atom is -0.196 e. The van der Waals surface area contributed by atoms with Crippen molar-refractivity contribution in [3.05, 3.63) is 10.5 Å². The molecule has 0 radical (unpaired) electrons. The first-order valence-electron chi connectivity index (χ1n) is 3.12. The summed E-state index contributed by atoms with van der Waals surface area (Å²) >= 11 is 1.07. The highest BCUT2D eigenvalue weighted by Crippen LogP contribution is 2.24. The van der Waals surface area contributed by atoms with Crippen molar-refractivity contribution in [2.75, 3.05) is 6.26 Å². The van der Waals surface area contributed by atoms with Gasteiger partial charge in [0.2, 0.25) is 0 Å². The maximum atomic E-state index is 8.53. The van der Waals surface area contributed by atoms with E-state index in [0.717, 1.165) is 11.8 Å². The minimum atomic E-state index is -1.02. The lowest BCUT2D eigenvalue weighted by atomic mass is 10.1. The van der Waals surface area contributed by atoms with Crippen molar-refractivity contribution < 1.29 is 0 Å². The van der Waals surface area contributed by atoms with Crippen LogP contribution in [0.25, 0.3) is 0 Å². The Bertz CT molecular complexity index is 352. The molecule has 0 bridgehead atoms. The van der Waals surface area contributed by atoms with Crippen molar-refractivity contribution in [1.82, 2.24) is 0 Å². The molecular weight excluding hydrogens is 184 g/mol. The first-order chi connectivity index (χ1) is 6.24. The minimum absolute atomic E-state index is 0.166. The molecule has 0 unspecified atom stereocenters. The molecule has 0 aromatic heterocycles. The third-order valence-corrected chi connectivity index (χ3v) is 2.09. The average molecular weight is 188 g/mol. The van der Waals surface area contributed by atoms with Gasteiger partial charge < -0.3 is 0 Å². The van der Waals surface area contributed by atoms with Gasteiger partial charge in [0.15, 0.2) is 5.92 Å². The van der Waals surface area contributed by atoms with E-state index in [2.05, 4.69) is 0 Å². The van der Waals surface area contributed by atoms with Gasteiger partial charge in [-0.2, -0.15) is 21.0 Å². The van der Waals surface area contributed by atoms with E-state index in [1.165, 1.54) is 0 Å². The zero-order valence-electron chi connectivity index (χ0n) is 6.77. The Morgan fingerprint density at radius 2 is 1.54 bits per heavy atom. The molecule has 0 saturated heterocycles. The molecule has 0 N–H and O–H groups in total. The van der Waals surface area contributed by atoms with Crippen molar-refractivity contribution in [2.24, 2.45) is 5.92 Å². The van der Waals surface area contributed by atoms with Gasteiger partial charge in [-0.15, -0.1) is 11.8 Å². The third kappa shape index (κ3) is 2.53. The summed E-state index contributed by atoms with van der Waals surface area (Å²) in [7, 11) is 0. The van der Waals surface area contributed by atoms with Gasteiger partial charge in [-0.3, -0.25) is 0 Å². The molecule has 0 atom stereocenters. The number of nitrogens with zero attached hydrogens (tertiary/aromatic N) is 4. The van der Waals surface area contributed by atoms with E-state index >= 15 is 0 Å². The lowest BCUT2D eigenvalue weighted by Crippen LogP contribution is -1.97. The Hall–Kier alpha value is -1.95. The normalized spacial score (nSPS) is 7.54. The quantitative estimate of drug-likeness (QED) is 0.609. The molecule has 0 aromatic rings. The zero-order valence-corrected chi connectivity index (χ0v) is 7.59. The molecule has 13 heavy (non-hydrogen) atoms. The van der Waals surface area contributed by atoms with Crippen molar-refractivity contribution >= 4 is 11.8 Å². The van der Waals surface area contributed by atoms with E-state index in [4.69, 9.17) is 21.0 Å². The number of nitriles is 4. The van der Waals surface area contributed by atoms with Gasteiger partial charge in [0.05, 0.1) is 12.1 Å². The van der Waals surface area contributed by atoms with Gasteiger partial charge in [-0.1, -0.05) is 0 Å². The highest BCUT2D eigenvalue weighted by atomic mass is 32.2. The fourth-order valence-corrected chi connectivity index (χ4v) is 1.28. The van der Waals surface area contributed by atoms with E-state index in [1.54, 1.807) is 30.5 Å². The average Bonchev–Trinajstić information content (AvgIpc) is 2.18. The van der Waals surface area contributed by atoms with E-state index in [-0.39, 0.29) is 10.5 Å². The number of hydrogen-bond donors (Lipinski definition) is 0. The van der Waals surface area contributed by atoms with E-state index in [9.17, 15) is 0 Å². The summed E-state index contributed by atoms with van der Waals surface area (Å²) in [6, 6.07) is 6.71. The lowest BCUT2D eigenvalue weighted by Gasteiger charge is -2.01. The summed E-state index contributed by atoms with van der Waals surface area (Å²) < 4.78 is 0. The highest BCUT2D eigenvalue weighted by Gasteiger charge is 2.16. The number of hydrogen-bond acceptors (Lipinski definition) is 5. The summed E-state index contributed by atoms with van der Waals surface area (Å²) in [5, 5.41) is 34.1. The van der Waals surface area contributed by atoms with Crippen LogP contribution >= 0.6 is 11.8 Å². The Labute approximate surface area is 80.3 Å². The maximum absolute atomic E-state index is 8.53. The fourth-order valence-electron chi connectivity index (χ4n) is 0.646. The van der Waals surface area contributed by atoms with Crippen LogP contribution in [0.5, 0.6) is 0 Å². The van der Waals surface area contributed by atoms with Gasteiger partial charge in [0, 0.05) is 4.91 Å². The molecule has 0 aliphatic carbocycles. The Morgan fingerprint density at radius 1 is 1.08 bits per heavy atom. The van der Waals surface area contributed by atoms with E-state index in [1.807, 2.05) is 0 Å². The SMILES string of the molecule is CSC(=C(C#N)C#N)C(C#N)C#N. The van der Waals surface area contributed by atoms with Crippen LogP contribution in [0, 0.1) is 51.2 Å². The van der Waals surface area contributed by atoms with Crippen molar-refractivity contribution in [2.45, 2.75) is 0 Å². The smallest absolute Gasteiger partial charge is 0.166 e. The molecular formula is C8H4N4S. The van der Waals surface area contributed by atoms with E-state index < -0.39 is 5.92 Å². The van der Waals surface area contributed by atoms with Crippen LogP contribution in [-0.2, 0) is 0 Å². The monoisotopic (exact) mass is 188 g/mol. The fraction of sp³-hybridized carbons (Fsp3) is 0.250. The van der Waals surface area contributed by atoms with Crippen molar-refractivity contribution in [3.63, 3.8) is 0 Å². The second-order valence-electron chi connectivity index (χ2n) is 1.86. The second-order valence-corrected chi connectivity index (χ2v) is 2.71. The summed E-state index contributed by atoms with van der Waals surface area (Å²) in [5.41, 5.74) is -0.166. The van der Waals surface area contributed by atoms with Crippen LogP contribution < -0.4 is 0 Å². The van der Waals surface area contributed by atoms with Crippen molar-refractivity contribution in [3.8, 4) is 24.3 Å². The van der Waals surface area contributed by atoms with Crippen LogP contribution in [0.3, 0.4) is 0 Å². The molecule has 0 heterocycles. The van der Waals surface area contributed by atoms with Crippen LogP contribution in [0.1, 0.15) is 0 Å². The Kier molecular flexibility index (Phi) is 4.82. The summed E-state index contributed by atoms with van der Waals surface area (Å²) in [5.74, 6) is -1.02. The Balaban J connectivity index is 5.30. The first-order valence-corrected chi connectivity index (χ1v) is 4.35. The van der Waals surface area contributed by atoms with E-state index in [0.29, 0.717) is 0 Å². The molecule has 0 aromatic carbocycles. The summed E-state index contributed by atoms with van der Waals surface area (Å²) in [6.07, 6.45) is 1.62. The van der Waals surface area contributed by atoms with Gasteiger partial charge in [0.25, 0.3) is 0 Å². The number of thioether (sulfide) groups is 1. The lowest BCUT2D eigenvalue weighted by molar-refractivity contribution is 1.06. The number of rotatable bonds is 2. The second kappa shape index (κ2) is 5.67. The standard InChI is InChI=1S/C8H4N4S/c1-13-8(6(2-9)3-10)7(4-11)5-12/h6H,1H3. The summed E-state index contributed by atoms with van der Waals surface area (Å²) in [6.45, 7) is 0. The maximum Gasteiger partial charge on any atom is 0.166 e. The molecule has 5 heteroatoms. The molecule has 0 aliphatic heterocycles. The van der Waals surface area contributed by atoms with Crippen LogP contribution in [0.2, 0.25) is 0 Å². The first kappa shape index (κ1) is 11.1. The molecule has 62 valence electrons. The van der Waals surface area contributed by atoms with Crippen LogP contribution in [0.4, 0.5) is 0 Å². The highest BCUT2D eigenvalue weighted by molar-refractivity contribution is 8.02. The van der Waals surface area contributed by atoms with Gasteiger partial charge in [-0.05, 0) is 6.26 Å². The predicted octanol–water partition coefficient (Wildman–Crippen LogP) is 1.31. The van der Waals surface area contributed by atoms with Crippen LogP contribution in [0.15, 0.2) is 10.5 Å². The molecule has 0 amide bonds. The van der Waals surface area contributed by atoms with Gasteiger partial charge in [0.1, 0.15) is 17.7 Å². The third-order valence-electron chi connectivity index (χ3n) is 1.21. The zero-order chi connectivity index (χ0) is 10.3. The topological polar surface area (TPSA) is 95.2 Å². The molecule has 0 aliphatic rings. The molecule has 0 saturated carbocycles. The molecule has 0 spiro atoms. The predicted molar refractivity (Wildman–Crippen MR) is 46.5 cm³/mol. The number of allylic oxidation sites excluding steroid dienone is 2. The van der Waals surface area contributed by atoms with Crippen LogP contribution in [-0.4, -0.2) is 6.26 Å². The largest absolute Gasteiger partial charge is 0.196 e. The Morgan fingerprint density at radius 3 is 1.77 bits per heavy atom. The van der Waals surface area contributed by atoms with Gasteiger partial charge >= 0.3 is 0 Å². The molecule has 0 fully saturated rings. The molecule has 4 nitrogen and oxygen atoms in total. The van der Waals surface area contributed by atoms with Crippen molar-refractivity contribution in [1.29, 1.82) is 21.0 Å².